The summed E-state index contributed by atoms with van der Waals surface area (Å²) in [7, 11) is 0. The number of aromatic nitrogens is 2. The van der Waals surface area contributed by atoms with Crippen molar-refractivity contribution in [3.8, 4) is 0 Å². The second-order valence-electron chi connectivity index (χ2n) is 5.63. The quantitative estimate of drug-likeness (QED) is 0.925. The lowest BCUT2D eigenvalue weighted by Gasteiger charge is -2.27. The Hall–Kier alpha value is -2.18. The number of nitrogens with zero attached hydrogens (tertiary/aromatic N) is 3. The van der Waals surface area contributed by atoms with E-state index >= 15 is 0 Å². The first-order valence-electron chi connectivity index (χ1n) is 7.79. The number of halogens is 1. The van der Waals surface area contributed by atoms with Gasteiger partial charge in [0.05, 0.1) is 30.3 Å². The van der Waals surface area contributed by atoms with Crippen LogP contribution >= 0.6 is 11.6 Å². The number of hydrogen-bond acceptors (Lipinski definition) is 5. The lowest BCUT2D eigenvalue weighted by molar-refractivity contribution is 0.102. The second kappa shape index (κ2) is 7.15. The number of carbonyl (C=O) groups excluding carboxylic acids is 1. The first-order valence-corrected chi connectivity index (χ1v) is 8.17. The Balaban J connectivity index is 1.82. The molecule has 1 N–H and O–H groups in total. The Kier molecular flexibility index (Phi) is 4.97. The normalized spacial score (nSPS) is 14.5. The molecule has 0 bridgehead atoms. The maximum absolute atomic E-state index is 12.4. The molecule has 2 aromatic rings. The minimum Gasteiger partial charge on any atom is -0.378 e. The molecule has 0 radical (unpaired) electrons. The summed E-state index contributed by atoms with van der Waals surface area (Å²) in [6, 6.07) is 6.82. The highest BCUT2D eigenvalue weighted by Crippen LogP contribution is 2.22. The molecule has 1 fully saturated rings. The summed E-state index contributed by atoms with van der Waals surface area (Å²) in [5, 5.41) is 3.41. The van der Waals surface area contributed by atoms with Crippen molar-refractivity contribution in [1.29, 1.82) is 0 Å². The molecule has 1 aromatic heterocycles. The molecular formula is C17H19ClN4O2. The number of nitrogens with one attached hydrogen (secondary N) is 1. The van der Waals surface area contributed by atoms with Gasteiger partial charge in [-0.05, 0) is 32.0 Å². The third kappa shape index (κ3) is 3.66. The Bertz CT molecular complexity index is 737. The molecule has 1 aliphatic heterocycles. The number of rotatable bonds is 3. The van der Waals surface area contributed by atoms with Gasteiger partial charge in [0.25, 0.3) is 5.91 Å². The van der Waals surface area contributed by atoms with Gasteiger partial charge in [-0.1, -0.05) is 17.7 Å². The van der Waals surface area contributed by atoms with E-state index in [1.807, 2.05) is 13.8 Å². The van der Waals surface area contributed by atoms with Crippen LogP contribution in [-0.2, 0) is 4.74 Å². The molecular weight excluding hydrogens is 328 g/mol. The van der Waals surface area contributed by atoms with Gasteiger partial charge in [-0.2, -0.15) is 0 Å². The van der Waals surface area contributed by atoms with E-state index in [0.717, 1.165) is 24.5 Å². The summed E-state index contributed by atoms with van der Waals surface area (Å²) in [5.74, 6) is 0.445. The molecule has 6 nitrogen and oxygen atoms in total. The number of anilines is 2. The molecule has 7 heteroatoms. The average Bonchev–Trinajstić information content (AvgIpc) is 2.58. The number of benzene rings is 1. The van der Waals surface area contributed by atoms with Crippen molar-refractivity contribution in [3.63, 3.8) is 0 Å². The number of morpholine rings is 1. The van der Waals surface area contributed by atoms with Crippen LogP contribution in [0.4, 0.5) is 11.6 Å². The van der Waals surface area contributed by atoms with Crippen LogP contribution < -0.4 is 10.2 Å². The van der Waals surface area contributed by atoms with Crippen molar-refractivity contribution in [2.45, 2.75) is 13.8 Å². The molecule has 24 heavy (non-hydrogen) atoms. The predicted octanol–water partition coefficient (Wildman–Crippen LogP) is 2.84. The van der Waals surface area contributed by atoms with Gasteiger partial charge in [0.15, 0.2) is 0 Å². The topological polar surface area (TPSA) is 67.3 Å². The number of carbonyl (C=O) groups is 1. The third-order valence-corrected chi connectivity index (χ3v) is 4.11. The van der Waals surface area contributed by atoms with E-state index in [9.17, 15) is 4.79 Å². The lowest BCUT2D eigenvalue weighted by Crippen LogP contribution is -2.37. The molecule has 0 unspecified atom stereocenters. The molecule has 1 saturated heterocycles. The Morgan fingerprint density at radius 2 is 1.88 bits per heavy atom. The van der Waals surface area contributed by atoms with Crippen LogP contribution in [-0.4, -0.2) is 42.2 Å². The zero-order valence-corrected chi connectivity index (χ0v) is 14.4. The maximum atomic E-state index is 12.4. The van der Waals surface area contributed by atoms with E-state index in [1.165, 1.54) is 0 Å². The average molecular weight is 347 g/mol. The Labute approximate surface area is 145 Å². The highest BCUT2D eigenvalue weighted by Gasteiger charge is 2.18. The van der Waals surface area contributed by atoms with Crippen LogP contribution in [0.1, 0.15) is 21.7 Å². The smallest absolute Gasteiger partial charge is 0.255 e. The standard InChI is InChI=1S/C17H19ClN4O2/c1-11-15(21-16(23)13-4-3-5-14(18)10-13)12(2)20-17(19-11)22-6-8-24-9-7-22/h3-5,10H,6-9H2,1-2H3,(H,21,23). The Morgan fingerprint density at radius 3 is 2.50 bits per heavy atom. The van der Waals surface area contributed by atoms with Gasteiger partial charge < -0.3 is 15.0 Å². The second-order valence-corrected chi connectivity index (χ2v) is 6.07. The highest BCUT2D eigenvalue weighted by atomic mass is 35.5. The molecule has 0 saturated carbocycles. The zero-order chi connectivity index (χ0) is 17.1. The van der Waals surface area contributed by atoms with Crippen LogP contribution in [0.25, 0.3) is 0 Å². The predicted molar refractivity (Wildman–Crippen MR) is 93.9 cm³/mol. The minimum absolute atomic E-state index is 0.230. The number of amides is 1. The van der Waals surface area contributed by atoms with Crippen molar-refractivity contribution in [1.82, 2.24) is 9.97 Å². The molecule has 3 rings (SSSR count). The summed E-state index contributed by atoms with van der Waals surface area (Å²) in [5.41, 5.74) is 2.61. The van der Waals surface area contributed by atoms with Gasteiger partial charge in [-0.15, -0.1) is 0 Å². The first-order chi connectivity index (χ1) is 11.5. The van der Waals surface area contributed by atoms with E-state index in [1.54, 1.807) is 24.3 Å². The van der Waals surface area contributed by atoms with E-state index in [0.29, 0.717) is 35.4 Å². The van der Waals surface area contributed by atoms with Crippen LogP contribution in [0.2, 0.25) is 5.02 Å². The lowest BCUT2D eigenvalue weighted by atomic mass is 10.2. The largest absolute Gasteiger partial charge is 0.378 e. The van der Waals surface area contributed by atoms with Crippen molar-refractivity contribution in [2.24, 2.45) is 0 Å². The molecule has 0 spiro atoms. The fourth-order valence-electron chi connectivity index (χ4n) is 2.60. The van der Waals surface area contributed by atoms with Gasteiger partial charge in [0.2, 0.25) is 5.95 Å². The number of ether oxygens (including phenoxy) is 1. The summed E-state index contributed by atoms with van der Waals surface area (Å²) >= 11 is 5.94. The molecule has 126 valence electrons. The summed E-state index contributed by atoms with van der Waals surface area (Å²) in [6.07, 6.45) is 0. The fraction of sp³-hybridized carbons (Fsp3) is 0.353. The van der Waals surface area contributed by atoms with Crippen LogP contribution in [0.5, 0.6) is 0 Å². The van der Waals surface area contributed by atoms with Gasteiger partial charge in [0, 0.05) is 23.7 Å². The van der Waals surface area contributed by atoms with Crippen LogP contribution in [0, 0.1) is 13.8 Å². The third-order valence-electron chi connectivity index (χ3n) is 3.88. The summed E-state index contributed by atoms with van der Waals surface area (Å²) in [6.45, 7) is 6.63. The molecule has 0 atom stereocenters. The zero-order valence-electron chi connectivity index (χ0n) is 13.7. The maximum Gasteiger partial charge on any atom is 0.255 e. The molecule has 1 aliphatic rings. The monoisotopic (exact) mass is 346 g/mol. The van der Waals surface area contributed by atoms with E-state index in [-0.39, 0.29) is 5.91 Å². The number of aryl methyl sites for hydroxylation is 2. The summed E-state index contributed by atoms with van der Waals surface area (Å²) < 4.78 is 5.35. The van der Waals surface area contributed by atoms with Crippen molar-refractivity contribution in [2.75, 3.05) is 36.5 Å². The fourth-order valence-corrected chi connectivity index (χ4v) is 2.79. The first kappa shape index (κ1) is 16.7. The van der Waals surface area contributed by atoms with E-state index in [4.69, 9.17) is 16.3 Å². The summed E-state index contributed by atoms with van der Waals surface area (Å²) in [4.78, 5) is 23.6. The van der Waals surface area contributed by atoms with Gasteiger partial charge in [-0.3, -0.25) is 4.79 Å². The highest BCUT2D eigenvalue weighted by molar-refractivity contribution is 6.31. The molecule has 2 heterocycles. The molecule has 1 aromatic carbocycles. The van der Waals surface area contributed by atoms with Crippen molar-refractivity contribution >= 4 is 29.1 Å². The van der Waals surface area contributed by atoms with Gasteiger partial charge in [0.1, 0.15) is 0 Å². The Morgan fingerprint density at radius 1 is 1.21 bits per heavy atom. The SMILES string of the molecule is Cc1nc(N2CCOCC2)nc(C)c1NC(=O)c1cccc(Cl)c1. The van der Waals surface area contributed by atoms with E-state index in [2.05, 4.69) is 20.2 Å². The van der Waals surface area contributed by atoms with Gasteiger partial charge in [-0.25, -0.2) is 9.97 Å². The minimum atomic E-state index is -0.230. The van der Waals surface area contributed by atoms with Gasteiger partial charge >= 0.3 is 0 Å². The van der Waals surface area contributed by atoms with Crippen LogP contribution in [0.3, 0.4) is 0 Å². The molecule has 1 amide bonds. The molecule has 0 aliphatic carbocycles. The van der Waals surface area contributed by atoms with Crippen LogP contribution in [0.15, 0.2) is 24.3 Å². The van der Waals surface area contributed by atoms with E-state index < -0.39 is 0 Å². The van der Waals surface area contributed by atoms with Crippen molar-refractivity contribution in [3.05, 3.63) is 46.2 Å². The van der Waals surface area contributed by atoms with Crippen molar-refractivity contribution < 1.29 is 9.53 Å². The number of hydrogen-bond donors (Lipinski definition) is 1.